The minimum absolute atomic E-state index is 0.00546. The summed E-state index contributed by atoms with van der Waals surface area (Å²) in [5.74, 6) is -0.252. The van der Waals surface area contributed by atoms with Crippen molar-refractivity contribution >= 4 is 16.5 Å². The molecule has 1 aliphatic heterocycles. The summed E-state index contributed by atoms with van der Waals surface area (Å²) in [6.07, 6.45) is 5.64. The van der Waals surface area contributed by atoms with Gasteiger partial charge in [-0.25, -0.2) is 0 Å². The van der Waals surface area contributed by atoms with Gasteiger partial charge in [0, 0.05) is 9.80 Å². The van der Waals surface area contributed by atoms with E-state index < -0.39 is 15.9 Å². The summed E-state index contributed by atoms with van der Waals surface area (Å²) >= 11 is 0. The summed E-state index contributed by atoms with van der Waals surface area (Å²) in [7, 11) is -4.36. The molecular weight excluding hydrogens is 288 g/mol. The Morgan fingerprint density at radius 1 is 1.00 bits per heavy atom. The van der Waals surface area contributed by atoms with E-state index in [1.54, 1.807) is 12.1 Å². The molecule has 0 aromatic heterocycles. The Morgan fingerprint density at radius 3 is 2.30 bits per heavy atom. The minimum atomic E-state index is -4.82. The molecule has 0 radical (unpaired) electrons. The first-order valence-corrected chi connectivity index (χ1v) is 8.38. The Balaban J connectivity index is 2.09. The van der Waals surface area contributed by atoms with E-state index in [2.05, 4.69) is 0 Å². The van der Waals surface area contributed by atoms with Crippen LogP contribution in [0.4, 0.5) is 17.1 Å². The summed E-state index contributed by atoms with van der Waals surface area (Å²) in [6, 6.07) is 6.03. The van der Waals surface area contributed by atoms with Gasteiger partial charge in [0.1, 0.15) is 0 Å². The van der Waals surface area contributed by atoms with Gasteiger partial charge in [-0.1, -0.05) is 37.5 Å². The quantitative estimate of drug-likeness (QED) is 0.543. The third kappa shape index (κ3) is 1.98. The van der Waals surface area contributed by atoms with Gasteiger partial charge in [-0.05, 0) is 36.5 Å². The van der Waals surface area contributed by atoms with Crippen molar-refractivity contribution in [3.05, 3.63) is 34.7 Å². The molecule has 0 N–H and O–H groups in total. The highest BCUT2D eigenvalue weighted by Gasteiger charge is 2.59. The zero-order valence-corrected chi connectivity index (χ0v) is 11.7. The number of benzene rings is 1. The predicted octanol–water partition coefficient (Wildman–Crippen LogP) is 6.19. The van der Waals surface area contributed by atoms with Crippen LogP contribution in [-0.2, 0) is 0 Å². The Bertz CT molecular complexity index is 543. The molecule has 1 aliphatic carbocycles. The fourth-order valence-electron chi connectivity index (χ4n) is 3.21. The molecule has 2 aliphatic rings. The van der Waals surface area contributed by atoms with Crippen molar-refractivity contribution in [1.29, 1.82) is 0 Å². The van der Waals surface area contributed by atoms with Crippen LogP contribution in [0.2, 0.25) is 0 Å². The van der Waals surface area contributed by atoms with Crippen molar-refractivity contribution in [3.63, 3.8) is 0 Å². The van der Waals surface area contributed by atoms with E-state index in [1.807, 2.05) is 0 Å². The lowest BCUT2D eigenvalue weighted by Crippen LogP contribution is -2.21. The van der Waals surface area contributed by atoms with Crippen molar-refractivity contribution in [2.75, 3.05) is 0 Å². The Labute approximate surface area is 117 Å². The van der Waals surface area contributed by atoms with Crippen LogP contribution >= 0.6 is 10.4 Å². The summed E-state index contributed by atoms with van der Waals surface area (Å²) in [4.78, 5) is -0.154. The van der Waals surface area contributed by atoms with Crippen LogP contribution in [0.5, 0.6) is 0 Å². The molecule has 1 unspecified atom stereocenters. The van der Waals surface area contributed by atoms with E-state index in [1.165, 1.54) is 18.2 Å². The first-order valence-electron chi connectivity index (χ1n) is 6.84. The average molecular weight is 304 g/mol. The van der Waals surface area contributed by atoms with Gasteiger partial charge in [0.2, 0.25) is 0 Å². The van der Waals surface area contributed by atoms with Crippen LogP contribution in [0.25, 0.3) is 6.08 Å². The van der Waals surface area contributed by atoms with E-state index in [4.69, 9.17) is 0 Å². The van der Waals surface area contributed by atoms with Gasteiger partial charge in [-0.2, -0.15) is 17.1 Å². The van der Waals surface area contributed by atoms with Crippen LogP contribution in [0.1, 0.15) is 37.7 Å². The molecule has 5 heteroatoms. The van der Waals surface area contributed by atoms with Gasteiger partial charge >= 0.3 is 5.51 Å². The van der Waals surface area contributed by atoms with Gasteiger partial charge in [0.15, 0.2) is 0 Å². The first kappa shape index (κ1) is 14.0. The largest absolute Gasteiger partial charge is 0.459 e. The molecule has 110 valence electrons. The van der Waals surface area contributed by atoms with E-state index in [0.717, 1.165) is 19.3 Å². The number of hydrogen-bond donors (Lipinski definition) is 0. The second-order valence-electron chi connectivity index (χ2n) is 5.40. The van der Waals surface area contributed by atoms with Gasteiger partial charge in [0.25, 0.3) is 0 Å². The molecule has 1 fully saturated rings. The molecule has 20 heavy (non-hydrogen) atoms. The number of alkyl halides is 3. The molecule has 1 heterocycles. The molecule has 0 amide bonds. The lowest BCUT2D eigenvalue weighted by molar-refractivity contribution is -0.0415. The summed E-state index contributed by atoms with van der Waals surface area (Å²) < 4.78 is 55.5. The molecular formula is C15H16F4S. The van der Waals surface area contributed by atoms with Crippen LogP contribution in [0.3, 0.4) is 0 Å². The maximum atomic E-state index is 15.2. The van der Waals surface area contributed by atoms with Crippen molar-refractivity contribution in [2.24, 2.45) is 5.92 Å². The van der Waals surface area contributed by atoms with Gasteiger partial charge in [0.05, 0.1) is 10.4 Å². The van der Waals surface area contributed by atoms with Gasteiger partial charge in [-0.3, -0.25) is 0 Å². The summed E-state index contributed by atoms with van der Waals surface area (Å²) in [5.41, 5.74) is -4.41. The predicted molar refractivity (Wildman–Crippen MR) is 74.0 cm³/mol. The highest BCUT2D eigenvalue weighted by molar-refractivity contribution is 8.33. The lowest BCUT2D eigenvalue weighted by Gasteiger charge is -2.37. The maximum absolute atomic E-state index is 15.2. The molecule has 1 aromatic carbocycles. The van der Waals surface area contributed by atoms with Crippen LogP contribution in [0, 0.1) is 5.92 Å². The number of hydrogen-bond acceptors (Lipinski definition) is 0. The topological polar surface area (TPSA) is 0 Å². The second kappa shape index (κ2) is 4.79. The molecule has 1 atom stereocenters. The zero-order chi connectivity index (χ0) is 14.4. The normalized spacial score (nSPS) is 30.5. The monoisotopic (exact) mass is 304 g/mol. The van der Waals surface area contributed by atoms with Crippen molar-refractivity contribution in [1.82, 2.24) is 0 Å². The Hall–Kier alpha value is -0.970. The molecule has 0 saturated heterocycles. The lowest BCUT2D eigenvalue weighted by atomic mass is 9.88. The highest BCUT2D eigenvalue weighted by Crippen LogP contribution is 2.79. The van der Waals surface area contributed by atoms with Crippen molar-refractivity contribution in [2.45, 2.75) is 42.5 Å². The third-order valence-electron chi connectivity index (χ3n) is 4.17. The van der Waals surface area contributed by atoms with Gasteiger partial charge < -0.3 is 0 Å². The number of allylic oxidation sites excluding steroid dienone is 1. The smallest absolute Gasteiger partial charge is 0.172 e. The zero-order valence-electron chi connectivity index (χ0n) is 10.9. The minimum Gasteiger partial charge on any atom is -0.172 e. The average Bonchev–Trinajstić information content (AvgIpc) is 2.75. The SMILES string of the molecule is FC(F)(F)S1(F)C(C2CCCCC2)=Cc2ccccc21. The Morgan fingerprint density at radius 2 is 1.65 bits per heavy atom. The van der Waals surface area contributed by atoms with Crippen molar-refractivity contribution in [3.8, 4) is 0 Å². The molecule has 3 rings (SSSR count). The fourth-order valence-corrected chi connectivity index (χ4v) is 5.68. The second-order valence-corrected chi connectivity index (χ2v) is 7.85. The van der Waals surface area contributed by atoms with E-state index in [9.17, 15) is 13.2 Å². The molecule has 0 nitrogen and oxygen atoms in total. The highest BCUT2D eigenvalue weighted by atomic mass is 32.3. The molecule has 0 spiro atoms. The third-order valence-corrected chi connectivity index (χ3v) is 6.89. The summed E-state index contributed by atoms with van der Waals surface area (Å²) in [6.45, 7) is 0. The number of rotatable bonds is 1. The fraction of sp³-hybridized carbons (Fsp3) is 0.467. The number of fused-ring (bicyclic) bond motifs is 1. The van der Waals surface area contributed by atoms with E-state index >= 15 is 3.89 Å². The van der Waals surface area contributed by atoms with Crippen LogP contribution in [0.15, 0.2) is 34.1 Å². The molecule has 1 saturated carbocycles. The first-order chi connectivity index (χ1) is 9.44. The number of halogens is 4. The Kier molecular flexibility index (Phi) is 3.35. The van der Waals surface area contributed by atoms with E-state index in [0.29, 0.717) is 18.4 Å². The molecule has 1 aromatic rings. The van der Waals surface area contributed by atoms with Crippen LogP contribution in [-0.4, -0.2) is 5.51 Å². The maximum Gasteiger partial charge on any atom is 0.459 e. The van der Waals surface area contributed by atoms with Crippen molar-refractivity contribution < 1.29 is 17.1 Å². The van der Waals surface area contributed by atoms with Gasteiger partial charge in [-0.15, -0.1) is 0 Å². The summed E-state index contributed by atoms with van der Waals surface area (Å²) in [5, 5.41) is 0. The van der Waals surface area contributed by atoms with E-state index in [-0.39, 0.29) is 15.7 Å². The van der Waals surface area contributed by atoms with Crippen LogP contribution < -0.4 is 0 Å². The molecule has 0 bridgehead atoms. The standard InChI is InChI=1S/C15H16F4S/c16-15(17,18)20(19)13-9-5-4-8-12(13)10-14(20)11-6-2-1-3-7-11/h4-5,8-11H,1-3,6-7H2.